The third-order valence-corrected chi connectivity index (χ3v) is 4.08. The number of nitrogen functional groups attached to an aromatic ring is 1. The summed E-state index contributed by atoms with van der Waals surface area (Å²) in [4.78, 5) is 2.11. The van der Waals surface area contributed by atoms with Crippen molar-refractivity contribution in [3.8, 4) is 5.75 Å². The molecule has 0 heterocycles. The van der Waals surface area contributed by atoms with Gasteiger partial charge in [0.1, 0.15) is 5.75 Å². The average Bonchev–Trinajstić information content (AvgIpc) is 2.46. The Morgan fingerprint density at radius 3 is 2.80 bits per heavy atom. The number of para-hydroxylation sites is 1. The van der Waals surface area contributed by atoms with Gasteiger partial charge in [0.2, 0.25) is 0 Å². The van der Waals surface area contributed by atoms with Gasteiger partial charge in [-0.25, -0.2) is 0 Å². The number of anilines is 2. The van der Waals surface area contributed by atoms with E-state index in [1.807, 2.05) is 25.2 Å². The number of likely N-dealkylation sites (N-methyl/N-ethyl adjacent to an activating group) is 1. The Balaban J connectivity index is 2.18. The molecule has 2 atom stereocenters. The molecule has 1 aromatic carbocycles. The molecule has 1 saturated carbocycles. The maximum Gasteiger partial charge on any atom is 0.144 e. The molecule has 4 heteroatoms. The van der Waals surface area contributed by atoms with Crippen LogP contribution in [-0.4, -0.2) is 30.9 Å². The van der Waals surface area contributed by atoms with Gasteiger partial charge in [-0.05, 0) is 31.4 Å². The van der Waals surface area contributed by atoms with Crippen LogP contribution < -0.4 is 15.4 Å². The van der Waals surface area contributed by atoms with Crippen LogP contribution in [0.25, 0.3) is 0 Å². The van der Waals surface area contributed by atoms with E-state index in [9.17, 15) is 5.11 Å². The monoisotopic (exact) mass is 278 g/mol. The van der Waals surface area contributed by atoms with Crippen molar-refractivity contribution in [3.63, 3.8) is 0 Å². The largest absolute Gasteiger partial charge is 0.491 e. The predicted molar refractivity (Wildman–Crippen MR) is 83.3 cm³/mol. The van der Waals surface area contributed by atoms with E-state index in [2.05, 4.69) is 11.8 Å². The summed E-state index contributed by atoms with van der Waals surface area (Å²) in [6.45, 7) is 2.74. The molecule has 1 aliphatic carbocycles. The van der Waals surface area contributed by atoms with E-state index in [0.717, 1.165) is 43.5 Å². The quantitative estimate of drug-likeness (QED) is 0.813. The van der Waals surface area contributed by atoms with Crippen molar-refractivity contribution in [2.75, 3.05) is 24.3 Å². The van der Waals surface area contributed by atoms with Gasteiger partial charge in [0, 0.05) is 7.05 Å². The predicted octanol–water partition coefficient (Wildman–Crippen LogP) is 2.80. The fraction of sp³-hybridized carbons (Fsp3) is 0.625. The highest BCUT2D eigenvalue weighted by Gasteiger charge is 2.28. The number of ether oxygens (including phenoxy) is 1. The first-order valence-corrected chi connectivity index (χ1v) is 7.57. The highest BCUT2D eigenvalue weighted by atomic mass is 16.5. The number of nitrogens with two attached hydrogens (primary N) is 1. The summed E-state index contributed by atoms with van der Waals surface area (Å²) in [6.07, 6.45) is 4.85. The average molecular weight is 278 g/mol. The minimum Gasteiger partial charge on any atom is -0.491 e. The number of hydrogen-bond acceptors (Lipinski definition) is 4. The van der Waals surface area contributed by atoms with Crippen LogP contribution in [0.5, 0.6) is 5.75 Å². The van der Waals surface area contributed by atoms with Gasteiger partial charge in [-0.2, -0.15) is 0 Å². The molecule has 0 aliphatic heterocycles. The minimum atomic E-state index is -0.270. The lowest BCUT2D eigenvalue weighted by Gasteiger charge is -2.37. The molecule has 0 radical (unpaired) electrons. The van der Waals surface area contributed by atoms with Crippen LogP contribution in [0.1, 0.15) is 39.0 Å². The van der Waals surface area contributed by atoms with Crippen molar-refractivity contribution in [2.24, 2.45) is 0 Å². The number of rotatable bonds is 5. The molecule has 20 heavy (non-hydrogen) atoms. The second-order valence-electron chi connectivity index (χ2n) is 5.57. The van der Waals surface area contributed by atoms with Gasteiger partial charge >= 0.3 is 0 Å². The molecule has 0 aromatic heterocycles. The van der Waals surface area contributed by atoms with E-state index in [1.165, 1.54) is 0 Å². The zero-order valence-corrected chi connectivity index (χ0v) is 12.5. The van der Waals surface area contributed by atoms with Gasteiger partial charge in [0.15, 0.2) is 0 Å². The maximum absolute atomic E-state index is 10.2. The molecule has 3 N–H and O–H groups in total. The van der Waals surface area contributed by atoms with Crippen molar-refractivity contribution in [1.82, 2.24) is 0 Å². The molecule has 0 saturated heterocycles. The van der Waals surface area contributed by atoms with E-state index in [-0.39, 0.29) is 12.1 Å². The number of nitrogens with zero attached hydrogens (tertiary/aromatic N) is 1. The topological polar surface area (TPSA) is 58.7 Å². The maximum atomic E-state index is 10.2. The van der Waals surface area contributed by atoms with Crippen LogP contribution in [0.2, 0.25) is 0 Å². The molecular formula is C16H26N2O2. The SMILES string of the molecule is CCCOc1cccc(N(C)C2CCCCC2O)c1N. The highest BCUT2D eigenvalue weighted by Crippen LogP contribution is 2.35. The second kappa shape index (κ2) is 6.84. The fourth-order valence-electron chi connectivity index (χ4n) is 2.90. The van der Waals surface area contributed by atoms with Crippen molar-refractivity contribution < 1.29 is 9.84 Å². The van der Waals surface area contributed by atoms with Crippen LogP contribution in [0.4, 0.5) is 11.4 Å². The molecule has 1 fully saturated rings. The number of aliphatic hydroxyl groups excluding tert-OH is 1. The van der Waals surface area contributed by atoms with Crippen LogP contribution >= 0.6 is 0 Å². The normalized spacial score (nSPS) is 22.6. The second-order valence-corrected chi connectivity index (χ2v) is 5.57. The first-order valence-electron chi connectivity index (χ1n) is 7.57. The van der Waals surface area contributed by atoms with Crippen molar-refractivity contribution >= 4 is 11.4 Å². The zero-order chi connectivity index (χ0) is 14.5. The Morgan fingerprint density at radius 1 is 1.35 bits per heavy atom. The van der Waals surface area contributed by atoms with Gasteiger partial charge in [-0.15, -0.1) is 0 Å². The lowest BCUT2D eigenvalue weighted by atomic mass is 9.91. The summed E-state index contributed by atoms with van der Waals surface area (Å²) in [5, 5.41) is 10.2. The Bertz CT molecular complexity index is 436. The zero-order valence-electron chi connectivity index (χ0n) is 12.5. The van der Waals surface area contributed by atoms with Gasteiger partial charge in [-0.1, -0.05) is 25.8 Å². The molecule has 0 bridgehead atoms. The van der Waals surface area contributed by atoms with Crippen molar-refractivity contribution in [3.05, 3.63) is 18.2 Å². The van der Waals surface area contributed by atoms with E-state index < -0.39 is 0 Å². The van der Waals surface area contributed by atoms with Gasteiger partial charge < -0.3 is 20.5 Å². The first-order chi connectivity index (χ1) is 9.65. The lowest BCUT2D eigenvalue weighted by Crippen LogP contribution is -2.43. The molecule has 2 unspecified atom stereocenters. The fourth-order valence-corrected chi connectivity index (χ4v) is 2.90. The number of hydrogen-bond donors (Lipinski definition) is 2. The highest BCUT2D eigenvalue weighted by molar-refractivity contribution is 5.74. The van der Waals surface area contributed by atoms with Gasteiger partial charge in [-0.3, -0.25) is 0 Å². The standard InChI is InChI=1S/C16H26N2O2/c1-3-11-20-15-10-6-8-13(16(15)17)18(2)12-7-4-5-9-14(12)19/h6,8,10,12,14,19H,3-5,7,9,11,17H2,1-2H3. The third-order valence-electron chi connectivity index (χ3n) is 4.08. The van der Waals surface area contributed by atoms with E-state index >= 15 is 0 Å². The molecule has 0 spiro atoms. The van der Waals surface area contributed by atoms with Gasteiger partial charge in [0.25, 0.3) is 0 Å². The Hall–Kier alpha value is -1.42. The van der Waals surface area contributed by atoms with Crippen LogP contribution in [0.15, 0.2) is 18.2 Å². The van der Waals surface area contributed by atoms with Crippen LogP contribution in [0.3, 0.4) is 0 Å². The van der Waals surface area contributed by atoms with E-state index in [1.54, 1.807) is 0 Å². The van der Waals surface area contributed by atoms with Gasteiger partial charge in [0.05, 0.1) is 30.1 Å². The molecule has 1 aromatic rings. The number of aliphatic hydroxyl groups is 1. The Labute approximate surface area is 121 Å². The molecular weight excluding hydrogens is 252 g/mol. The van der Waals surface area contributed by atoms with Crippen LogP contribution in [0, 0.1) is 0 Å². The summed E-state index contributed by atoms with van der Waals surface area (Å²) >= 11 is 0. The molecule has 4 nitrogen and oxygen atoms in total. The summed E-state index contributed by atoms with van der Waals surface area (Å²) in [5.41, 5.74) is 7.85. The van der Waals surface area contributed by atoms with Crippen LogP contribution in [-0.2, 0) is 0 Å². The summed E-state index contributed by atoms with van der Waals surface area (Å²) in [6, 6.07) is 6.00. The number of benzene rings is 1. The molecule has 112 valence electrons. The summed E-state index contributed by atoms with van der Waals surface area (Å²) in [5.74, 6) is 0.737. The van der Waals surface area contributed by atoms with Crippen molar-refractivity contribution in [1.29, 1.82) is 0 Å². The Kier molecular flexibility index (Phi) is 5.12. The Morgan fingerprint density at radius 2 is 2.10 bits per heavy atom. The first kappa shape index (κ1) is 15.0. The third kappa shape index (κ3) is 3.18. The smallest absolute Gasteiger partial charge is 0.144 e. The van der Waals surface area contributed by atoms with E-state index in [0.29, 0.717) is 12.3 Å². The summed E-state index contributed by atoms with van der Waals surface area (Å²) in [7, 11) is 2.01. The molecule has 2 rings (SSSR count). The molecule has 1 aliphatic rings. The van der Waals surface area contributed by atoms with E-state index in [4.69, 9.17) is 10.5 Å². The molecule has 0 amide bonds. The van der Waals surface area contributed by atoms with Crippen molar-refractivity contribution in [2.45, 2.75) is 51.2 Å². The minimum absolute atomic E-state index is 0.146. The summed E-state index contributed by atoms with van der Waals surface area (Å²) < 4.78 is 5.68. The lowest BCUT2D eigenvalue weighted by molar-refractivity contribution is 0.106.